The van der Waals surface area contributed by atoms with Crippen molar-refractivity contribution in [1.82, 2.24) is 0 Å². The molecule has 7 heteroatoms. The topological polar surface area (TPSA) is 95.9 Å². The molecule has 1 aromatic carbocycles. The van der Waals surface area contributed by atoms with Gasteiger partial charge in [0.2, 0.25) is 5.75 Å². The number of phenols is 1. The smallest absolute Gasteiger partial charge is 0.206 e. The molecule has 1 atom stereocenters. The number of methoxy groups -OCH3 is 1. The van der Waals surface area contributed by atoms with Gasteiger partial charge in [-0.15, -0.1) is 0 Å². The van der Waals surface area contributed by atoms with Crippen LogP contribution in [0.3, 0.4) is 0 Å². The highest BCUT2D eigenvalue weighted by Gasteiger charge is 2.22. The van der Waals surface area contributed by atoms with E-state index in [0.29, 0.717) is 11.0 Å². The van der Waals surface area contributed by atoms with Crippen LogP contribution < -0.4 is 10.2 Å². The molecule has 0 bridgehead atoms. The summed E-state index contributed by atoms with van der Waals surface area (Å²) in [5.41, 5.74) is -0.0404. The molecule has 21 heavy (non-hydrogen) atoms. The van der Waals surface area contributed by atoms with Gasteiger partial charge in [0.15, 0.2) is 28.1 Å². The third-order valence-electron chi connectivity index (χ3n) is 3.12. The summed E-state index contributed by atoms with van der Waals surface area (Å²) in [5.74, 6) is 0.374. The maximum absolute atomic E-state index is 12.2. The van der Waals surface area contributed by atoms with Crippen molar-refractivity contribution in [2.75, 3.05) is 13.4 Å². The Bertz CT molecular complexity index is 876. The molecule has 0 amide bonds. The third-order valence-corrected chi connectivity index (χ3v) is 3.81. The lowest BCUT2D eigenvalue weighted by Gasteiger charge is -2.09. The summed E-state index contributed by atoms with van der Waals surface area (Å²) in [5, 5.41) is 10.6. The van der Waals surface area contributed by atoms with Gasteiger partial charge in [0.05, 0.1) is 25.0 Å². The van der Waals surface area contributed by atoms with Gasteiger partial charge >= 0.3 is 0 Å². The van der Waals surface area contributed by atoms with Crippen molar-refractivity contribution in [3.63, 3.8) is 0 Å². The number of hydrogen-bond acceptors (Lipinski definition) is 6. The van der Waals surface area contributed by atoms with Gasteiger partial charge in [-0.25, -0.2) is 0 Å². The lowest BCUT2D eigenvalue weighted by Crippen LogP contribution is -2.07. The van der Waals surface area contributed by atoms with Crippen LogP contribution in [0.15, 0.2) is 32.0 Å². The van der Waals surface area contributed by atoms with Gasteiger partial charge in [0.25, 0.3) is 0 Å². The molecule has 0 aliphatic rings. The molecule has 0 spiro atoms. The fraction of sp³-hybridized carbons (Fsp3) is 0.214. The molecule has 0 radical (unpaired) electrons. The van der Waals surface area contributed by atoms with E-state index in [0.717, 1.165) is 0 Å². The maximum Gasteiger partial charge on any atom is 0.206 e. The first-order valence-corrected chi connectivity index (χ1v) is 7.78. The predicted molar refractivity (Wildman–Crippen MR) is 78.2 cm³/mol. The molecule has 3 aromatic rings. The number of aromatic hydroxyl groups is 1. The number of ether oxygens (including phenoxy) is 1. The van der Waals surface area contributed by atoms with Crippen LogP contribution in [0.1, 0.15) is 5.76 Å². The summed E-state index contributed by atoms with van der Waals surface area (Å²) in [6.07, 6.45) is 2.90. The molecule has 1 unspecified atom stereocenters. The second-order valence-corrected chi connectivity index (χ2v) is 5.98. The SMILES string of the molecule is COc1c2occc2c(O)c2c(=O)cc(C[S+](C)[O-])oc12. The molecule has 2 aromatic heterocycles. The normalized spacial score (nSPS) is 12.9. The molecule has 1 N–H and O–H groups in total. The van der Waals surface area contributed by atoms with E-state index >= 15 is 0 Å². The molecule has 3 rings (SSSR count). The van der Waals surface area contributed by atoms with Gasteiger partial charge in [-0.3, -0.25) is 4.79 Å². The Labute approximate surface area is 122 Å². The van der Waals surface area contributed by atoms with Gasteiger partial charge in [-0.1, -0.05) is 0 Å². The monoisotopic (exact) mass is 308 g/mol. The summed E-state index contributed by atoms with van der Waals surface area (Å²) < 4.78 is 27.4. The van der Waals surface area contributed by atoms with Crippen LogP contribution in [0.2, 0.25) is 0 Å². The van der Waals surface area contributed by atoms with Crippen molar-refractivity contribution >= 4 is 33.1 Å². The molecule has 0 aliphatic heterocycles. The summed E-state index contributed by atoms with van der Waals surface area (Å²) >= 11 is -1.16. The Morgan fingerprint density at radius 2 is 2.19 bits per heavy atom. The van der Waals surface area contributed by atoms with Crippen LogP contribution in [0.4, 0.5) is 0 Å². The highest BCUT2D eigenvalue weighted by atomic mass is 32.2. The van der Waals surface area contributed by atoms with Gasteiger partial charge < -0.3 is 23.2 Å². The highest BCUT2D eigenvalue weighted by molar-refractivity contribution is 7.89. The zero-order valence-electron chi connectivity index (χ0n) is 11.3. The minimum atomic E-state index is -1.16. The van der Waals surface area contributed by atoms with Crippen LogP contribution in [0.25, 0.3) is 21.9 Å². The fourth-order valence-electron chi connectivity index (χ4n) is 2.29. The lowest BCUT2D eigenvalue weighted by molar-refractivity contribution is 0.401. The van der Waals surface area contributed by atoms with Crippen LogP contribution >= 0.6 is 0 Å². The zero-order chi connectivity index (χ0) is 15.1. The molecular formula is C14H12O6S. The van der Waals surface area contributed by atoms with Crippen molar-refractivity contribution in [2.45, 2.75) is 5.75 Å². The van der Waals surface area contributed by atoms with Crippen LogP contribution in [-0.4, -0.2) is 23.0 Å². The van der Waals surface area contributed by atoms with E-state index in [2.05, 4.69) is 0 Å². The zero-order valence-corrected chi connectivity index (χ0v) is 12.2. The maximum atomic E-state index is 12.2. The average Bonchev–Trinajstić information content (AvgIpc) is 2.87. The van der Waals surface area contributed by atoms with Crippen molar-refractivity contribution < 1.29 is 23.2 Å². The second kappa shape index (κ2) is 5.01. The van der Waals surface area contributed by atoms with E-state index in [1.165, 1.54) is 25.7 Å². The number of benzene rings is 1. The fourth-order valence-corrected chi connectivity index (χ4v) is 2.84. The Morgan fingerprint density at radius 1 is 1.43 bits per heavy atom. The van der Waals surface area contributed by atoms with E-state index in [-0.39, 0.29) is 34.0 Å². The Morgan fingerprint density at radius 3 is 2.86 bits per heavy atom. The Balaban J connectivity index is 2.45. The Hall–Kier alpha value is -2.12. The molecule has 0 saturated heterocycles. The predicted octanol–water partition coefficient (Wildman–Crippen LogP) is 2.13. The number of hydrogen-bond donors (Lipinski definition) is 1. The van der Waals surface area contributed by atoms with Crippen molar-refractivity contribution in [3.05, 3.63) is 34.4 Å². The van der Waals surface area contributed by atoms with Gasteiger partial charge in [-0.05, 0) is 17.2 Å². The standard InChI is InChI=1S/C14H12O6S/c1-18-14-12-8(3-4-19-12)11(16)10-9(15)5-7(6-21(2)17)20-13(10)14/h3-5,16H,6H2,1-2H3. The number of phenolic OH excluding ortho intramolecular Hbond substituents is 1. The molecule has 110 valence electrons. The number of furan rings is 1. The summed E-state index contributed by atoms with van der Waals surface area (Å²) in [6, 6.07) is 2.77. The van der Waals surface area contributed by atoms with Crippen molar-refractivity contribution in [2.24, 2.45) is 0 Å². The van der Waals surface area contributed by atoms with Gasteiger partial charge in [0.1, 0.15) is 11.1 Å². The average molecular weight is 308 g/mol. The molecule has 6 nitrogen and oxygen atoms in total. The quantitative estimate of drug-likeness (QED) is 0.745. The van der Waals surface area contributed by atoms with Crippen LogP contribution in [0.5, 0.6) is 11.5 Å². The molecular weight excluding hydrogens is 296 g/mol. The number of rotatable bonds is 3. The van der Waals surface area contributed by atoms with E-state index in [4.69, 9.17) is 13.6 Å². The first-order chi connectivity index (χ1) is 10.0. The van der Waals surface area contributed by atoms with Gasteiger partial charge in [-0.2, -0.15) is 0 Å². The second-order valence-electron chi connectivity index (χ2n) is 4.54. The molecule has 0 saturated carbocycles. The number of fused-ring (bicyclic) bond motifs is 2. The summed E-state index contributed by atoms with van der Waals surface area (Å²) in [6.45, 7) is 0. The van der Waals surface area contributed by atoms with Crippen molar-refractivity contribution in [3.8, 4) is 11.5 Å². The highest BCUT2D eigenvalue weighted by Crippen LogP contribution is 2.41. The molecule has 2 heterocycles. The van der Waals surface area contributed by atoms with E-state index in [9.17, 15) is 14.5 Å². The van der Waals surface area contributed by atoms with E-state index in [1.807, 2.05) is 0 Å². The summed E-state index contributed by atoms with van der Waals surface area (Å²) in [7, 11) is 1.42. The minimum Gasteiger partial charge on any atom is -0.616 e. The largest absolute Gasteiger partial charge is 0.616 e. The molecule has 0 aliphatic carbocycles. The third kappa shape index (κ3) is 2.14. The first kappa shape index (κ1) is 13.8. The van der Waals surface area contributed by atoms with Crippen LogP contribution in [-0.2, 0) is 16.9 Å². The summed E-state index contributed by atoms with van der Waals surface area (Å²) in [4.78, 5) is 12.2. The molecule has 0 fully saturated rings. The van der Waals surface area contributed by atoms with E-state index < -0.39 is 16.6 Å². The van der Waals surface area contributed by atoms with Crippen molar-refractivity contribution in [1.29, 1.82) is 0 Å². The van der Waals surface area contributed by atoms with Crippen LogP contribution in [0, 0.1) is 0 Å². The van der Waals surface area contributed by atoms with Gasteiger partial charge in [0, 0.05) is 6.07 Å². The van der Waals surface area contributed by atoms with E-state index in [1.54, 1.807) is 6.07 Å². The first-order valence-electron chi connectivity index (χ1n) is 6.05. The Kier molecular flexibility index (Phi) is 3.30. The minimum absolute atomic E-state index is 0.0198. The lowest BCUT2D eigenvalue weighted by atomic mass is 10.1.